The highest BCUT2D eigenvalue weighted by atomic mass is 16.1. The Morgan fingerprint density at radius 1 is 1.40 bits per heavy atom. The molecule has 3 heterocycles. The summed E-state index contributed by atoms with van der Waals surface area (Å²) < 4.78 is 3.79. The molecule has 0 spiro atoms. The van der Waals surface area contributed by atoms with E-state index in [1.807, 2.05) is 21.6 Å². The molecule has 1 aliphatic heterocycles. The SMILES string of the molecule is NC(=O)c1cnn(C2CCN(CCn3cccn3)C2)c1. The van der Waals surface area contributed by atoms with Gasteiger partial charge in [-0.3, -0.25) is 19.1 Å². The van der Waals surface area contributed by atoms with Crippen LogP contribution in [0.2, 0.25) is 0 Å². The van der Waals surface area contributed by atoms with Gasteiger partial charge >= 0.3 is 0 Å². The summed E-state index contributed by atoms with van der Waals surface area (Å²) in [6.07, 6.45) is 8.08. The molecular weight excluding hydrogens is 256 g/mol. The highest BCUT2D eigenvalue weighted by Gasteiger charge is 2.24. The van der Waals surface area contributed by atoms with Gasteiger partial charge < -0.3 is 5.73 Å². The predicted octanol–water partition coefficient (Wildman–Crippen LogP) is 0.126. The first kappa shape index (κ1) is 12.9. The lowest BCUT2D eigenvalue weighted by Crippen LogP contribution is -2.26. The molecule has 1 amide bonds. The molecular formula is C13H18N6O. The fourth-order valence-corrected chi connectivity index (χ4v) is 2.57. The maximum atomic E-state index is 11.1. The van der Waals surface area contributed by atoms with Crippen LogP contribution in [-0.4, -0.2) is 50.0 Å². The van der Waals surface area contributed by atoms with Gasteiger partial charge in [0.2, 0.25) is 0 Å². The summed E-state index contributed by atoms with van der Waals surface area (Å²) in [6.45, 7) is 3.85. The number of nitrogens with zero attached hydrogens (tertiary/aromatic N) is 5. The molecule has 106 valence electrons. The van der Waals surface area contributed by atoms with E-state index in [1.54, 1.807) is 12.4 Å². The van der Waals surface area contributed by atoms with E-state index in [2.05, 4.69) is 15.1 Å². The predicted molar refractivity (Wildman–Crippen MR) is 73.1 cm³/mol. The van der Waals surface area contributed by atoms with Crippen molar-refractivity contribution in [2.75, 3.05) is 19.6 Å². The van der Waals surface area contributed by atoms with Crippen molar-refractivity contribution in [2.24, 2.45) is 5.73 Å². The summed E-state index contributed by atoms with van der Waals surface area (Å²) in [5.41, 5.74) is 5.71. The van der Waals surface area contributed by atoms with Crippen molar-refractivity contribution in [1.82, 2.24) is 24.5 Å². The van der Waals surface area contributed by atoms with E-state index in [0.29, 0.717) is 11.6 Å². The highest BCUT2D eigenvalue weighted by molar-refractivity contribution is 5.92. The molecule has 0 radical (unpaired) electrons. The molecule has 1 atom stereocenters. The number of carbonyl (C=O) groups is 1. The summed E-state index contributed by atoms with van der Waals surface area (Å²) in [4.78, 5) is 13.5. The number of hydrogen-bond acceptors (Lipinski definition) is 4. The molecule has 7 nitrogen and oxygen atoms in total. The fraction of sp³-hybridized carbons (Fsp3) is 0.462. The molecule has 2 N–H and O–H groups in total. The van der Waals surface area contributed by atoms with Gasteiger partial charge in [0.25, 0.3) is 5.91 Å². The van der Waals surface area contributed by atoms with Crippen molar-refractivity contribution in [3.05, 3.63) is 36.4 Å². The molecule has 20 heavy (non-hydrogen) atoms. The van der Waals surface area contributed by atoms with Crippen LogP contribution in [0.1, 0.15) is 22.8 Å². The standard InChI is InChI=1S/C13H18N6O/c14-13(20)11-8-16-19(9-11)12-2-5-17(10-12)6-7-18-4-1-3-15-18/h1,3-4,8-9,12H,2,5-7,10H2,(H2,14,20). The number of carbonyl (C=O) groups excluding carboxylic acids is 1. The maximum absolute atomic E-state index is 11.1. The minimum atomic E-state index is -0.426. The van der Waals surface area contributed by atoms with E-state index in [-0.39, 0.29) is 0 Å². The molecule has 0 bridgehead atoms. The third kappa shape index (κ3) is 2.72. The van der Waals surface area contributed by atoms with Gasteiger partial charge in [0, 0.05) is 38.2 Å². The quantitative estimate of drug-likeness (QED) is 0.840. The zero-order chi connectivity index (χ0) is 13.9. The third-order valence-corrected chi connectivity index (χ3v) is 3.71. The van der Waals surface area contributed by atoms with Gasteiger partial charge in [-0.15, -0.1) is 0 Å². The number of aromatic nitrogens is 4. The van der Waals surface area contributed by atoms with Crippen LogP contribution >= 0.6 is 0 Å². The van der Waals surface area contributed by atoms with Gasteiger partial charge in [0.05, 0.1) is 24.3 Å². The van der Waals surface area contributed by atoms with E-state index in [0.717, 1.165) is 32.6 Å². The summed E-state index contributed by atoms with van der Waals surface area (Å²) in [6, 6.07) is 2.25. The normalized spacial score (nSPS) is 19.5. The number of likely N-dealkylation sites (tertiary alicyclic amines) is 1. The van der Waals surface area contributed by atoms with Crippen molar-refractivity contribution < 1.29 is 4.79 Å². The zero-order valence-corrected chi connectivity index (χ0v) is 11.2. The number of amides is 1. The number of hydrogen-bond donors (Lipinski definition) is 1. The topological polar surface area (TPSA) is 82.0 Å². The molecule has 2 aromatic heterocycles. The van der Waals surface area contributed by atoms with Crippen LogP contribution in [0.15, 0.2) is 30.9 Å². The Hall–Kier alpha value is -2.15. The zero-order valence-electron chi connectivity index (χ0n) is 11.2. The van der Waals surface area contributed by atoms with Gasteiger partial charge in [0.15, 0.2) is 0 Å². The number of nitrogens with two attached hydrogens (primary N) is 1. The van der Waals surface area contributed by atoms with E-state index in [4.69, 9.17) is 5.73 Å². The summed E-state index contributed by atoms with van der Waals surface area (Å²) in [5.74, 6) is -0.426. The van der Waals surface area contributed by atoms with Crippen molar-refractivity contribution >= 4 is 5.91 Å². The van der Waals surface area contributed by atoms with Crippen molar-refractivity contribution in [2.45, 2.75) is 19.0 Å². The lowest BCUT2D eigenvalue weighted by molar-refractivity contribution is 0.1000. The van der Waals surface area contributed by atoms with Crippen LogP contribution in [0.25, 0.3) is 0 Å². The van der Waals surface area contributed by atoms with Crippen LogP contribution in [0, 0.1) is 0 Å². The number of primary amides is 1. The van der Waals surface area contributed by atoms with E-state index >= 15 is 0 Å². The monoisotopic (exact) mass is 274 g/mol. The lowest BCUT2D eigenvalue weighted by atomic mass is 10.3. The van der Waals surface area contributed by atoms with Gasteiger partial charge in [-0.05, 0) is 12.5 Å². The Labute approximate surface area is 117 Å². The van der Waals surface area contributed by atoms with Crippen LogP contribution in [-0.2, 0) is 6.54 Å². The van der Waals surface area contributed by atoms with Crippen molar-refractivity contribution in [1.29, 1.82) is 0 Å². The summed E-state index contributed by atoms with van der Waals surface area (Å²) in [5, 5.41) is 8.43. The molecule has 1 unspecified atom stereocenters. The first-order valence-corrected chi connectivity index (χ1v) is 6.76. The molecule has 0 aliphatic carbocycles. The number of rotatable bonds is 5. The Kier molecular flexibility index (Phi) is 3.51. The molecule has 0 saturated carbocycles. The Bertz CT molecular complexity index is 575. The van der Waals surface area contributed by atoms with Gasteiger partial charge in [-0.2, -0.15) is 10.2 Å². The van der Waals surface area contributed by atoms with Crippen LogP contribution < -0.4 is 5.73 Å². The molecule has 1 fully saturated rings. The third-order valence-electron chi connectivity index (χ3n) is 3.71. The Morgan fingerprint density at radius 3 is 3.00 bits per heavy atom. The van der Waals surface area contributed by atoms with E-state index < -0.39 is 5.91 Å². The Balaban J connectivity index is 1.54. The Morgan fingerprint density at radius 2 is 2.30 bits per heavy atom. The average molecular weight is 274 g/mol. The van der Waals surface area contributed by atoms with Crippen LogP contribution in [0.5, 0.6) is 0 Å². The van der Waals surface area contributed by atoms with Crippen LogP contribution in [0.3, 0.4) is 0 Å². The first-order valence-electron chi connectivity index (χ1n) is 6.76. The molecule has 0 aromatic carbocycles. The largest absolute Gasteiger partial charge is 0.366 e. The second-order valence-corrected chi connectivity index (χ2v) is 5.09. The minimum absolute atomic E-state index is 0.320. The second kappa shape index (κ2) is 5.46. The fourth-order valence-electron chi connectivity index (χ4n) is 2.57. The average Bonchev–Trinajstić information content (AvgIpc) is 3.17. The molecule has 1 saturated heterocycles. The minimum Gasteiger partial charge on any atom is -0.366 e. The van der Waals surface area contributed by atoms with Crippen molar-refractivity contribution in [3.63, 3.8) is 0 Å². The van der Waals surface area contributed by atoms with E-state index in [1.165, 1.54) is 6.20 Å². The highest BCUT2D eigenvalue weighted by Crippen LogP contribution is 2.20. The smallest absolute Gasteiger partial charge is 0.251 e. The van der Waals surface area contributed by atoms with Gasteiger partial charge in [0.1, 0.15) is 0 Å². The molecule has 2 aromatic rings. The van der Waals surface area contributed by atoms with Crippen molar-refractivity contribution in [3.8, 4) is 0 Å². The van der Waals surface area contributed by atoms with E-state index in [9.17, 15) is 4.79 Å². The first-order chi connectivity index (χ1) is 9.72. The van der Waals surface area contributed by atoms with Crippen LogP contribution in [0.4, 0.5) is 0 Å². The summed E-state index contributed by atoms with van der Waals surface area (Å²) in [7, 11) is 0. The summed E-state index contributed by atoms with van der Waals surface area (Å²) >= 11 is 0. The van der Waals surface area contributed by atoms with Gasteiger partial charge in [-0.25, -0.2) is 0 Å². The maximum Gasteiger partial charge on any atom is 0.251 e. The lowest BCUT2D eigenvalue weighted by Gasteiger charge is -2.16. The molecule has 1 aliphatic rings. The second-order valence-electron chi connectivity index (χ2n) is 5.09. The molecule has 7 heteroatoms. The van der Waals surface area contributed by atoms with Gasteiger partial charge in [-0.1, -0.05) is 0 Å². The molecule has 3 rings (SSSR count).